The topological polar surface area (TPSA) is 41.5 Å². The molecule has 1 heterocycles. The van der Waals surface area contributed by atoms with Gasteiger partial charge < -0.3 is 15.2 Å². The van der Waals surface area contributed by atoms with Crippen LogP contribution < -0.4 is 5.32 Å². The average molecular weight is 173 g/mol. The summed E-state index contributed by atoms with van der Waals surface area (Å²) in [7, 11) is 0. The van der Waals surface area contributed by atoms with Crippen LogP contribution in [0.2, 0.25) is 0 Å². The molecule has 0 bridgehead atoms. The summed E-state index contributed by atoms with van der Waals surface area (Å²) < 4.78 is 5.26. The van der Waals surface area contributed by atoms with Crippen LogP contribution in [0.5, 0.6) is 0 Å². The Balaban J connectivity index is 2.16. The van der Waals surface area contributed by atoms with Gasteiger partial charge in [-0.05, 0) is 19.3 Å². The van der Waals surface area contributed by atoms with Crippen molar-refractivity contribution >= 4 is 0 Å². The SMILES string of the molecule is CCC(CCO)NC1CCOC1. The van der Waals surface area contributed by atoms with Crippen molar-refractivity contribution in [3.63, 3.8) is 0 Å². The molecule has 72 valence electrons. The van der Waals surface area contributed by atoms with E-state index in [0.29, 0.717) is 12.1 Å². The molecule has 0 aromatic rings. The Morgan fingerprint density at radius 3 is 3.00 bits per heavy atom. The highest BCUT2D eigenvalue weighted by Gasteiger charge is 2.17. The molecule has 1 aliphatic rings. The number of ether oxygens (including phenoxy) is 1. The smallest absolute Gasteiger partial charge is 0.0620 e. The van der Waals surface area contributed by atoms with Crippen LogP contribution in [0, 0.1) is 0 Å². The van der Waals surface area contributed by atoms with E-state index in [1.54, 1.807) is 0 Å². The number of aliphatic hydroxyl groups excluding tert-OH is 1. The second-order valence-electron chi connectivity index (χ2n) is 3.34. The second kappa shape index (κ2) is 5.51. The number of aliphatic hydroxyl groups is 1. The molecular weight excluding hydrogens is 154 g/mol. The normalized spacial score (nSPS) is 26.0. The molecule has 1 aliphatic heterocycles. The largest absolute Gasteiger partial charge is 0.396 e. The van der Waals surface area contributed by atoms with E-state index in [9.17, 15) is 0 Å². The standard InChI is InChI=1S/C9H19NO2/c1-2-8(3-5-11)10-9-4-6-12-7-9/h8-11H,2-7H2,1H3. The fraction of sp³-hybridized carbons (Fsp3) is 1.00. The van der Waals surface area contributed by atoms with Crippen LogP contribution in [-0.2, 0) is 4.74 Å². The predicted octanol–water partition coefficient (Wildman–Crippen LogP) is 0.526. The van der Waals surface area contributed by atoms with Gasteiger partial charge in [-0.2, -0.15) is 0 Å². The van der Waals surface area contributed by atoms with Gasteiger partial charge >= 0.3 is 0 Å². The zero-order chi connectivity index (χ0) is 8.81. The predicted molar refractivity (Wildman–Crippen MR) is 48.1 cm³/mol. The first kappa shape index (κ1) is 9.96. The Bertz CT molecular complexity index is 113. The highest BCUT2D eigenvalue weighted by Crippen LogP contribution is 2.07. The summed E-state index contributed by atoms with van der Waals surface area (Å²) in [4.78, 5) is 0. The van der Waals surface area contributed by atoms with E-state index in [1.807, 2.05) is 0 Å². The van der Waals surface area contributed by atoms with Crippen LogP contribution in [0.15, 0.2) is 0 Å². The van der Waals surface area contributed by atoms with Gasteiger partial charge in [0, 0.05) is 25.3 Å². The van der Waals surface area contributed by atoms with E-state index in [-0.39, 0.29) is 6.61 Å². The van der Waals surface area contributed by atoms with Gasteiger partial charge in [-0.25, -0.2) is 0 Å². The molecule has 0 spiro atoms. The van der Waals surface area contributed by atoms with Gasteiger partial charge in [0.2, 0.25) is 0 Å². The lowest BCUT2D eigenvalue weighted by atomic mass is 10.1. The molecule has 2 unspecified atom stereocenters. The van der Waals surface area contributed by atoms with Crippen molar-refractivity contribution in [3.8, 4) is 0 Å². The van der Waals surface area contributed by atoms with E-state index in [2.05, 4.69) is 12.2 Å². The fourth-order valence-corrected chi connectivity index (χ4v) is 1.56. The fourth-order valence-electron chi connectivity index (χ4n) is 1.56. The van der Waals surface area contributed by atoms with Gasteiger partial charge in [-0.1, -0.05) is 6.92 Å². The van der Waals surface area contributed by atoms with Gasteiger partial charge in [0.05, 0.1) is 6.61 Å². The Morgan fingerprint density at radius 2 is 2.50 bits per heavy atom. The molecule has 2 N–H and O–H groups in total. The van der Waals surface area contributed by atoms with Crippen LogP contribution >= 0.6 is 0 Å². The van der Waals surface area contributed by atoms with Crippen molar-refractivity contribution in [1.29, 1.82) is 0 Å². The average Bonchev–Trinajstić information content (AvgIpc) is 2.56. The van der Waals surface area contributed by atoms with Crippen molar-refractivity contribution < 1.29 is 9.84 Å². The molecule has 0 radical (unpaired) electrons. The summed E-state index contributed by atoms with van der Waals surface area (Å²) in [6, 6.07) is 0.975. The maximum atomic E-state index is 8.77. The van der Waals surface area contributed by atoms with Gasteiger partial charge in [0.15, 0.2) is 0 Å². The first-order chi connectivity index (χ1) is 5.86. The molecule has 1 fully saturated rings. The van der Waals surface area contributed by atoms with E-state index < -0.39 is 0 Å². The lowest BCUT2D eigenvalue weighted by Crippen LogP contribution is -2.38. The highest BCUT2D eigenvalue weighted by atomic mass is 16.5. The first-order valence-electron chi connectivity index (χ1n) is 4.81. The van der Waals surface area contributed by atoms with Crippen LogP contribution in [0.25, 0.3) is 0 Å². The molecule has 3 nitrogen and oxygen atoms in total. The summed E-state index contributed by atoms with van der Waals surface area (Å²) >= 11 is 0. The van der Waals surface area contributed by atoms with Crippen LogP contribution in [0.1, 0.15) is 26.2 Å². The Labute approximate surface area is 74.1 Å². The minimum atomic E-state index is 0.277. The molecule has 3 heteroatoms. The highest BCUT2D eigenvalue weighted by molar-refractivity contribution is 4.76. The zero-order valence-corrected chi connectivity index (χ0v) is 7.75. The molecule has 1 saturated heterocycles. The molecule has 12 heavy (non-hydrogen) atoms. The summed E-state index contributed by atoms with van der Waals surface area (Å²) in [5.74, 6) is 0. The number of hydrogen-bond acceptors (Lipinski definition) is 3. The minimum absolute atomic E-state index is 0.277. The van der Waals surface area contributed by atoms with Crippen LogP contribution in [-0.4, -0.2) is 37.0 Å². The van der Waals surface area contributed by atoms with E-state index in [0.717, 1.165) is 32.5 Å². The molecule has 0 aromatic carbocycles. The second-order valence-corrected chi connectivity index (χ2v) is 3.34. The number of rotatable bonds is 5. The van der Waals surface area contributed by atoms with E-state index in [4.69, 9.17) is 9.84 Å². The maximum absolute atomic E-state index is 8.77. The third kappa shape index (κ3) is 3.09. The lowest BCUT2D eigenvalue weighted by Gasteiger charge is -2.19. The monoisotopic (exact) mass is 173 g/mol. The molecule has 2 atom stereocenters. The van der Waals surface area contributed by atoms with E-state index >= 15 is 0 Å². The van der Waals surface area contributed by atoms with Gasteiger partial charge in [-0.3, -0.25) is 0 Å². The molecule has 1 rings (SSSR count). The Kier molecular flexibility index (Phi) is 4.58. The third-order valence-electron chi connectivity index (χ3n) is 2.37. The zero-order valence-electron chi connectivity index (χ0n) is 7.75. The van der Waals surface area contributed by atoms with Crippen molar-refractivity contribution in [2.75, 3.05) is 19.8 Å². The Hall–Kier alpha value is -0.120. The summed E-state index contributed by atoms with van der Waals surface area (Å²) in [5, 5.41) is 12.3. The quantitative estimate of drug-likeness (QED) is 0.637. The number of hydrogen-bond donors (Lipinski definition) is 2. The minimum Gasteiger partial charge on any atom is -0.396 e. The van der Waals surface area contributed by atoms with Crippen molar-refractivity contribution in [1.82, 2.24) is 5.32 Å². The van der Waals surface area contributed by atoms with Crippen LogP contribution in [0.4, 0.5) is 0 Å². The summed E-state index contributed by atoms with van der Waals surface area (Å²) in [6.45, 7) is 4.14. The molecule has 0 saturated carbocycles. The van der Waals surface area contributed by atoms with Crippen molar-refractivity contribution in [3.05, 3.63) is 0 Å². The van der Waals surface area contributed by atoms with Crippen molar-refractivity contribution in [2.24, 2.45) is 0 Å². The first-order valence-corrected chi connectivity index (χ1v) is 4.81. The summed E-state index contributed by atoms with van der Waals surface area (Å²) in [5.41, 5.74) is 0. The van der Waals surface area contributed by atoms with Gasteiger partial charge in [0.25, 0.3) is 0 Å². The Morgan fingerprint density at radius 1 is 1.67 bits per heavy atom. The molecular formula is C9H19NO2. The van der Waals surface area contributed by atoms with Crippen LogP contribution in [0.3, 0.4) is 0 Å². The summed E-state index contributed by atoms with van der Waals surface area (Å²) in [6.07, 6.45) is 3.05. The van der Waals surface area contributed by atoms with Crippen molar-refractivity contribution in [2.45, 2.75) is 38.3 Å². The molecule has 0 aliphatic carbocycles. The maximum Gasteiger partial charge on any atom is 0.0620 e. The van der Waals surface area contributed by atoms with E-state index in [1.165, 1.54) is 0 Å². The van der Waals surface area contributed by atoms with Gasteiger partial charge in [-0.15, -0.1) is 0 Å². The molecule has 0 amide bonds. The third-order valence-corrected chi connectivity index (χ3v) is 2.37. The lowest BCUT2D eigenvalue weighted by molar-refractivity contribution is 0.185. The molecule has 0 aromatic heterocycles. The van der Waals surface area contributed by atoms with Gasteiger partial charge in [0.1, 0.15) is 0 Å². The number of nitrogens with one attached hydrogen (secondary N) is 1.